The van der Waals surface area contributed by atoms with Crippen LogP contribution in [0.1, 0.15) is 5.69 Å². The molecule has 0 fully saturated rings. The Balaban J connectivity index is 2.25. The first kappa shape index (κ1) is 14.7. The Labute approximate surface area is 126 Å². The maximum atomic E-state index is 12.1. The Morgan fingerprint density at radius 3 is 2.90 bits per heavy atom. The van der Waals surface area contributed by atoms with Crippen molar-refractivity contribution in [2.45, 2.75) is 0 Å². The highest BCUT2D eigenvalue weighted by atomic mass is 35.5. The maximum absolute atomic E-state index is 12.1. The highest BCUT2D eigenvalue weighted by Gasteiger charge is 2.13. The summed E-state index contributed by atoms with van der Waals surface area (Å²) in [5.41, 5.74) is 1.04. The van der Waals surface area contributed by atoms with E-state index in [1.54, 1.807) is 36.5 Å². The number of nitrogens with one attached hydrogen (secondary N) is 2. The molecule has 0 atom stereocenters. The van der Waals surface area contributed by atoms with Crippen LogP contribution in [0.2, 0.25) is 5.02 Å². The molecule has 21 heavy (non-hydrogen) atoms. The summed E-state index contributed by atoms with van der Waals surface area (Å²) < 4.78 is 5.14. The lowest BCUT2D eigenvalue weighted by Gasteiger charge is -2.10. The first-order chi connectivity index (χ1) is 10.1. The van der Waals surface area contributed by atoms with E-state index in [1.165, 1.54) is 13.2 Å². The lowest BCUT2D eigenvalue weighted by Crippen LogP contribution is -2.14. The van der Waals surface area contributed by atoms with Gasteiger partial charge in [0.05, 0.1) is 12.8 Å². The fraction of sp³-hybridized carbons (Fsp3) is 0.0667. The van der Waals surface area contributed by atoms with E-state index in [2.05, 4.69) is 10.3 Å². The number of hydrogen-bond acceptors (Lipinski definition) is 3. The second-order valence-corrected chi connectivity index (χ2v) is 4.53. The van der Waals surface area contributed by atoms with Crippen LogP contribution in [0.15, 0.2) is 42.1 Å². The quantitative estimate of drug-likeness (QED) is 0.672. The molecule has 0 aliphatic rings. The average Bonchev–Trinajstić information content (AvgIpc) is 2.98. The number of aromatic nitrogens is 1. The summed E-state index contributed by atoms with van der Waals surface area (Å²) in [7, 11) is 1.48. The number of nitrogens with zero attached hydrogens (tertiary/aromatic N) is 1. The minimum absolute atomic E-state index is 0.0283. The molecule has 0 spiro atoms. The lowest BCUT2D eigenvalue weighted by atomic mass is 10.2. The second-order valence-electron chi connectivity index (χ2n) is 4.09. The third-order valence-corrected chi connectivity index (χ3v) is 2.93. The standard InChI is InChI=1S/C15H12ClN3O2/c1-21-14-5-4-11(16)8-13(14)19-15(20)10(9-17)7-12-3-2-6-18-12/h2-8,18H,1H3,(H,19,20)/b10-7+. The number of hydrogen-bond donors (Lipinski definition) is 2. The number of carbonyl (C=O) groups excluding carboxylic acids is 1. The van der Waals surface area contributed by atoms with Crippen molar-refractivity contribution in [3.63, 3.8) is 0 Å². The third kappa shape index (κ3) is 3.65. The van der Waals surface area contributed by atoms with Gasteiger partial charge in [-0.1, -0.05) is 11.6 Å². The molecule has 0 radical (unpaired) electrons. The van der Waals surface area contributed by atoms with Gasteiger partial charge in [-0.15, -0.1) is 0 Å². The van der Waals surface area contributed by atoms with Crippen LogP contribution < -0.4 is 10.1 Å². The first-order valence-electron chi connectivity index (χ1n) is 6.04. The predicted molar refractivity (Wildman–Crippen MR) is 81.0 cm³/mol. The van der Waals surface area contributed by atoms with E-state index in [0.717, 1.165) is 0 Å². The molecule has 2 rings (SSSR count). The van der Waals surface area contributed by atoms with Crippen LogP contribution in [0.5, 0.6) is 5.75 Å². The van der Waals surface area contributed by atoms with Gasteiger partial charge in [0.15, 0.2) is 0 Å². The van der Waals surface area contributed by atoms with Crippen molar-refractivity contribution in [1.82, 2.24) is 4.98 Å². The monoisotopic (exact) mass is 301 g/mol. The van der Waals surface area contributed by atoms with Gasteiger partial charge >= 0.3 is 0 Å². The van der Waals surface area contributed by atoms with Crippen LogP contribution in [0, 0.1) is 11.3 Å². The summed E-state index contributed by atoms with van der Waals surface area (Å²) in [5.74, 6) is -0.0717. The van der Waals surface area contributed by atoms with Gasteiger partial charge in [-0.05, 0) is 36.4 Å². The number of rotatable bonds is 4. The molecule has 0 aliphatic heterocycles. The highest BCUT2D eigenvalue weighted by molar-refractivity contribution is 6.31. The van der Waals surface area contributed by atoms with E-state index in [4.69, 9.17) is 21.6 Å². The van der Waals surface area contributed by atoms with Crippen molar-refractivity contribution in [1.29, 1.82) is 5.26 Å². The largest absolute Gasteiger partial charge is 0.495 e. The summed E-state index contributed by atoms with van der Waals surface area (Å²) in [4.78, 5) is 15.0. The van der Waals surface area contributed by atoms with Crippen LogP contribution >= 0.6 is 11.6 Å². The molecule has 1 aromatic heterocycles. The molecule has 6 heteroatoms. The van der Waals surface area contributed by atoms with Gasteiger partial charge in [0.1, 0.15) is 17.4 Å². The van der Waals surface area contributed by atoms with Crippen LogP contribution in [0.4, 0.5) is 5.69 Å². The Hall–Kier alpha value is -2.71. The van der Waals surface area contributed by atoms with E-state index in [1.807, 2.05) is 6.07 Å². The molecule has 1 heterocycles. The van der Waals surface area contributed by atoms with Crippen molar-refractivity contribution < 1.29 is 9.53 Å². The zero-order valence-corrected chi connectivity index (χ0v) is 11.9. The Morgan fingerprint density at radius 1 is 1.48 bits per heavy atom. The fourth-order valence-corrected chi connectivity index (χ4v) is 1.88. The van der Waals surface area contributed by atoms with Crippen molar-refractivity contribution >= 4 is 29.3 Å². The molecule has 106 valence electrons. The number of halogens is 1. The molecule has 0 saturated carbocycles. The van der Waals surface area contributed by atoms with Crippen LogP contribution in [-0.2, 0) is 4.79 Å². The van der Waals surface area contributed by atoms with E-state index < -0.39 is 5.91 Å². The number of H-pyrrole nitrogens is 1. The molecule has 1 aromatic carbocycles. The Bertz CT molecular complexity index is 715. The van der Waals surface area contributed by atoms with Gasteiger partial charge in [0.25, 0.3) is 5.91 Å². The number of ether oxygens (including phenoxy) is 1. The van der Waals surface area contributed by atoms with Gasteiger partial charge in [0, 0.05) is 16.9 Å². The predicted octanol–water partition coefficient (Wildman–Crippen LogP) is 3.22. The fourth-order valence-electron chi connectivity index (χ4n) is 1.71. The van der Waals surface area contributed by atoms with Crippen LogP contribution in [0.3, 0.4) is 0 Å². The first-order valence-corrected chi connectivity index (χ1v) is 6.42. The van der Waals surface area contributed by atoms with Gasteiger partial charge < -0.3 is 15.0 Å². The minimum Gasteiger partial charge on any atom is -0.495 e. The van der Waals surface area contributed by atoms with Gasteiger partial charge in [-0.2, -0.15) is 5.26 Å². The van der Waals surface area contributed by atoms with E-state index >= 15 is 0 Å². The molecule has 5 nitrogen and oxygen atoms in total. The topological polar surface area (TPSA) is 77.9 Å². The van der Waals surface area contributed by atoms with Crippen molar-refractivity contribution in [3.05, 3.63) is 52.8 Å². The number of benzene rings is 1. The maximum Gasteiger partial charge on any atom is 0.266 e. The Morgan fingerprint density at radius 2 is 2.29 bits per heavy atom. The summed E-state index contributed by atoms with van der Waals surface area (Å²) in [6.45, 7) is 0. The normalized spacial score (nSPS) is 10.8. The third-order valence-electron chi connectivity index (χ3n) is 2.70. The van der Waals surface area contributed by atoms with Crippen molar-refractivity contribution in [2.75, 3.05) is 12.4 Å². The SMILES string of the molecule is COc1ccc(Cl)cc1NC(=O)/C(C#N)=C/c1ccc[nH]1. The number of anilines is 1. The van der Waals surface area contributed by atoms with Gasteiger partial charge in [0.2, 0.25) is 0 Å². The molecule has 2 N–H and O–H groups in total. The minimum atomic E-state index is -0.535. The smallest absolute Gasteiger partial charge is 0.266 e. The number of nitriles is 1. The zero-order chi connectivity index (χ0) is 15.2. The number of amides is 1. The molecule has 2 aromatic rings. The number of carbonyl (C=O) groups is 1. The summed E-state index contributed by atoms with van der Waals surface area (Å²) in [5, 5.41) is 12.2. The lowest BCUT2D eigenvalue weighted by molar-refractivity contribution is -0.112. The average molecular weight is 302 g/mol. The molecule has 0 aliphatic carbocycles. The van der Waals surface area contributed by atoms with E-state index in [-0.39, 0.29) is 5.57 Å². The van der Waals surface area contributed by atoms with Gasteiger partial charge in [-0.25, -0.2) is 0 Å². The van der Waals surface area contributed by atoms with Crippen molar-refractivity contribution in [3.8, 4) is 11.8 Å². The Kier molecular flexibility index (Phi) is 4.64. The molecular weight excluding hydrogens is 290 g/mol. The van der Waals surface area contributed by atoms with Crippen molar-refractivity contribution in [2.24, 2.45) is 0 Å². The molecular formula is C15H12ClN3O2. The van der Waals surface area contributed by atoms with E-state index in [9.17, 15) is 4.79 Å². The summed E-state index contributed by atoms with van der Waals surface area (Å²) in [6.07, 6.45) is 3.17. The molecule has 0 unspecified atom stereocenters. The van der Waals surface area contributed by atoms with Crippen LogP contribution in [0.25, 0.3) is 6.08 Å². The molecule has 1 amide bonds. The van der Waals surface area contributed by atoms with Crippen LogP contribution in [-0.4, -0.2) is 18.0 Å². The summed E-state index contributed by atoms with van der Waals surface area (Å²) in [6, 6.07) is 10.2. The number of aromatic amines is 1. The number of methoxy groups -OCH3 is 1. The molecule has 0 bridgehead atoms. The zero-order valence-electron chi connectivity index (χ0n) is 11.2. The second kappa shape index (κ2) is 6.64. The molecule has 0 saturated heterocycles. The summed E-state index contributed by atoms with van der Waals surface area (Å²) >= 11 is 5.89. The van der Waals surface area contributed by atoms with E-state index in [0.29, 0.717) is 22.2 Å². The highest BCUT2D eigenvalue weighted by Crippen LogP contribution is 2.28. The van der Waals surface area contributed by atoms with Gasteiger partial charge in [-0.3, -0.25) is 4.79 Å².